The molecule has 1 heterocycles. The summed E-state index contributed by atoms with van der Waals surface area (Å²) in [4.78, 5) is 2.85. The molecule has 0 atom stereocenters. The predicted octanol–water partition coefficient (Wildman–Crippen LogP) is 1.62. The monoisotopic (exact) mass is 191 g/mol. The van der Waals surface area contributed by atoms with Crippen molar-refractivity contribution in [2.24, 2.45) is 0 Å². The summed E-state index contributed by atoms with van der Waals surface area (Å²) >= 11 is 4.88. The van der Waals surface area contributed by atoms with Crippen molar-refractivity contribution >= 4 is 12.2 Å². The molecule has 0 amide bonds. The third-order valence-corrected chi connectivity index (χ3v) is 0.934. The zero-order chi connectivity index (χ0) is 7.11. The molecule has 0 fully saturated rings. The van der Waals surface area contributed by atoms with Crippen LogP contribution in [0.15, 0.2) is 24.4 Å². The molecule has 0 unspecified atom stereocenters. The van der Waals surface area contributed by atoms with Crippen LogP contribution in [0.4, 0.5) is 0 Å². The minimum atomic E-state index is 0.125. The Balaban J connectivity index is 0.000000291. The molecule has 1 aromatic heterocycles. The standard InChI is InChI=1S/C5H5NS.O.Zn/c7-5-3-1-2-4-6-5;;/h1-4H,(H,6,7);;. The van der Waals surface area contributed by atoms with Crippen molar-refractivity contribution < 1.29 is 21.8 Å². The first-order chi connectivity index (χ1) is 4.39. The number of rotatable bonds is 0. The summed E-state index contributed by atoms with van der Waals surface area (Å²) in [5.41, 5.74) is 0. The minimum absolute atomic E-state index is 0.125. The van der Waals surface area contributed by atoms with Crippen LogP contribution in [-0.4, -0.2) is 4.98 Å². The molecule has 44 valence electrons. The van der Waals surface area contributed by atoms with Crippen molar-refractivity contribution in [3.8, 4) is 0 Å². The molecular weight excluding hydrogens is 188 g/mol. The number of aromatic amines is 1. The van der Waals surface area contributed by atoms with Gasteiger partial charge in [0.15, 0.2) is 0 Å². The SMILES string of the molecule is S=c1cccc[nH]1.[O]=[Zn]. The van der Waals surface area contributed by atoms with Gasteiger partial charge >= 0.3 is 21.8 Å². The van der Waals surface area contributed by atoms with Gasteiger partial charge in [0, 0.05) is 6.20 Å². The van der Waals surface area contributed by atoms with E-state index in [2.05, 4.69) is 4.98 Å². The van der Waals surface area contributed by atoms with E-state index in [1.165, 1.54) is 0 Å². The van der Waals surface area contributed by atoms with E-state index in [0.717, 1.165) is 4.64 Å². The molecule has 1 aromatic rings. The van der Waals surface area contributed by atoms with Crippen LogP contribution >= 0.6 is 12.2 Å². The van der Waals surface area contributed by atoms with Crippen LogP contribution in [0.25, 0.3) is 0 Å². The second-order valence-electron chi connectivity index (χ2n) is 1.23. The molecule has 4 heteroatoms. The molecular formula is C5H5NOSZn. The number of hydrogen-bond donors (Lipinski definition) is 1. The molecule has 1 rings (SSSR count). The third kappa shape index (κ3) is 4.31. The van der Waals surface area contributed by atoms with Gasteiger partial charge in [0.2, 0.25) is 0 Å². The molecule has 9 heavy (non-hydrogen) atoms. The van der Waals surface area contributed by atoms with E-state index in [1.54, 1.807) is 0 Å². The summed E-state index contributed by atoms with van der Waals surface area (Å²) in [5, 5.41) is 0. The average molecular weight is 193 g/mol. The van der Waals surface area contributed by atoms with Crippen molar-refractivity contribution in [3.05, 3.63) is 29.0 Å². The molecule has 0 bridgehead atoms. The molecule has 0 aliphatic carbocycles. The van der Waals surface area contributed by atoms with Crippen molar-refractivity contribution in [1.82, 2.24) is 4.98 Å². The van der Waals surface area contributed by atoms with Gasteiger partial charge in [-0.25, -0.2) is 0 Å². The number of H-pyrrole nitrogens is 1. The fourth-order valence-electron chi connectivity index (χ4n) is 0.377. The Morgan fingerprint density at radius 2 is 2.11 bits per heavy atom. The van der Waals surface area contributed by atoms with E-state index >= 15 is 0 Å². The van der Waals surface area contributed by atoms with Crippen LogP contribution in [0.1, 0.15) is 0 Å². The average Bonchev–Trinajstić information content (AvgIpc) is 1.94. The van der Waals surface area contributed by atoms with Gasteiger partial charge in [-0.05, 0) is 12.1 Å². The summed E-state index contributed by atoms with van der Waals surface area (Å²) in [6, 6.07) is 5.64. The van der Waals surface area contributed by atoms with Gasteiger partial charge in [0.25, 0.3) is 0 Å². The summed E-state index contributed by atoms with van der Waals surface area (Å²) in [6.07, 6.45) is 1.81. The third-order valence-electron chi connectivity index (χ3n) is 0.681. The van der Waals surface area contributed by atoms with Crippen LogP contribution in [0, 0.1) is 4.64 Å². The van der Waals surface area contributed by atoms with Gasteiger partial charge in [-0.15, -0.1) is 0 Å². The molecule has 1 N–H and O–H groups in total. The van der Waals surface area contributed by atoms with Crippen molar-refractivity contribution in [2.45, 2.75) is 0 Å². The summed E-state index contributed by atoms with van der Waals surface area (Å²) < 4.78 is 9.16. The van der Waals surface area contributed by atoms with Crippen molar-refractivity contribution in [3.63, 3.8) is 0 Å². The Kier molecular flexibility index (Phi) is 5.79. The van der Waals surface area contributed by atoms with Gasteiger partial charge < -0.3 is 4.98 Å². The molecule has 0 radical (unpaired) electrons. The molecule has 2 nitrogen and oxygen atoms in total. The van der Waals surface area contributed by atoms with Crippen LogP contribution in [-0.2, 0) is 21.8 Å². The first-order valence-corrected chi connectivity index (χ1v) is 3.94. The van der Waals surface area contributed by atoms with Crippen LogP contribution < -0.4 is 0 Å². The van der Waals surface area contributed by atoms with Crippen LogP contribution in [0.5, 0.6) is 0 Å². The normalized spacial score (nSPS) is 7.33. The fourth-order valence-corrected chi connectivity index (χ4v) is 0.523. The van der Waals surface area contributed by atoms with Crippen molar-refractivity contribution in [1.29, 1.82) is 0 Å². The van der Waals surface area contributed by atoms with Gasteiger partial charge in [-0.1, -0.05) is 18.3 Å². The van der Waals surface area contributed by atoms with Gasteiger partial charge in [-0.2, -0.15) is 0 Å². The van der Waals surface area contributed by atoms with Crippen LogP contribution in [0.3, 0.4) is 0 Å². The Bertz CT molecular complexity index is 195. The maximum atomic E-state index is 8.38. The van der Waals surface area contributed by atoms with Crippen LogP contribution in [0.2, 0.25) is 0 Å². The van der Waals surface area contributed by atoms with Crippen molar-refractivity contribution in [2.75, 3.05) is 0 Å². The Labute approximate surface area is 68.2 Å². The number of nitrogens with one attached hydrogen (secondary N) is 1. The Morgan fingerprint density at radius 3 is 2.33 bits per heavy atom. The van der Waals surface area contributed by atoms with Gasteiger partial charge in [-0.3, -0.25) is 0 Å². The topological polar surface area (TPSA) is 32.9 Å². The summed E-state index contributed by atoms with van der Waals surface area (Å²) in [7, 11) is 0. The second kappa shape index (κ2) is 5.92. The quantitative estimate of drug-likeness (QED) is 0.501. The molecule has 0 spiro atoms. The van der Waals surface area contributed by atoms with E-state index in [4.69, 9.17) is 15.8 Å². The molecule has 0 saturated heterocycles. The van der Waals surface area contributed by atoms with E-state index < -0.39 is 0 Å². The second-order valence-corrected chi connectivity index (χ2v) is 1.67. The predicted molar refractivity (Wildman–Crippen MR) is 32.3 cm³/mol. The first-order valence-electron chi connectivity index (χ1n) is 2.32. The maximum absolute atomic E-state index is 8.38. The first kappa shape index (κ1) is 8.79. The van der Waals surface area contributed by atoms with Gasteiger partial charge in [0.05, 0.1) is 0 Å². The zero-order valence-corrected chi connectivity index (χ0v) is 8.62. The molecule has 0 aliphatic heterocycles. The van der Waals surface area contributed by atoms with E-state index in [0.29, 0.717) is 0 Å². The van der Waals surface area contributed by atoms with E-state index in [9.17, 15) is 0 Å². The number of aromatic nitrogens is 1. The molecule has 0 saturated carbocycles. The number of pyridine rings is 1. The fraction of sp³-hybridized carbons (Fsp3) is 0. The summed E-state index contributed by atoms with van der Waals surface area (Å²) in [6.45, 7) is 0. The Morgan fingerprint density at radius 1 is 1.44 bits per heavy atom. The zero-order valence-electron chi connectivity index (χ0n) is 4.83. The molecule has 0 aromatic carbocycles. The molecule has 0 aliphatic rings. The summed E-state index contributed by atoms with van der Waals surface area (Å²) in [5.74, 6) is 0. The van der Waals surface area contributed by atoms with Gasteiger partial charge in [0.1, 0.15) is 4.64 Å². The van der Waals surface area contributed by atoms with E-state index in [1.807, 2.05) is 24.4 Å². The number of hydrogen-bond acceptors (Lipinski definition) is 2. The Hall–Kier alpha value is -0.207. The van der Waals surface area contributed by atoms with E-state index in [-0.39, 0.29) is 18.3 Å².